The molecule has 0 unspecified atom stereocenters. The monoisotopic (exact) mass is 379 g/mol. The van der Waals surface area contributed by atoms with Gasteiger partial charge in [-0.1, -0.05) is 24.3 Å². The van der Waals surface area contributed by atoms with Crippen LogP contribution in [-0.2, 0) is 16.4 Å². The van der Waals surface area contributed by atoms with Crippen LogP contribution in [0, 0.1) is 0 Å². The normalized spacial score (nSPS) is 13.3. The summed E-state index contributed by atoms with van der Waals surface area (Å²) in [7, 11) is -3.68. The summed E-state index contributed by atoms with van der Waals surface area (Å²) < 4.78 is 27.7. The highest BCUT2D eigenvalue weighted by molar-refractivity contribution is 7.92. The summed E-state index contributed by atoms with van der Waals surface area (Å²) in [4.78, 5) is 18.6. The van der Waals surface area contributed by atoms with E-state index in [-0.39, 0.29) is 10.8 Å². The Morgan fingerprint density at radius 1 is 1.04 bits per heavy atom. The van der Waals surface area contributed by atoms with Crippen LogP contribution in [0.4, 0.5) is 11.4 Å². The average molecular weight is 379 g/mol. The van der Waals surface area contributed by atoms with E-state index in [0.29, 0.717) is 17.8 Å². The lowest BCUT2D eigenvalue weighted by Gasteiger charge is -2.18. The van der Waals surface area contributed by atoms with Gasteiger partial charge in [0.25, 0.3) is 15.9 Å². The Hall–Kier alpha value is -3.19. The van der Waals surface area contributed by atoms with Crippen LogP contribution in [0.2, 0.25) is 0 Å². The Bertz CT molecular complexity index is 1080. The Kier molecular flexibility index (Phi) is 4.37. The molecule has 3 aromatic rings. The van der Waals surface area contributed by atoms with Crippen LogP contribution in [0.3, 0.4) is 0 Å². The standard InChI is InChI=1S/C20H17N3O3S/c24-20(16-5-4-11-21-14-16)23-12-10-15-8-9-17(13-19(15)23)22-27(25,26)18-6-2-1-3-7-18/h1-9,11,13-14,22H,10,12H2. The number of benzene rings is 2. The van der Waals surface area contributed by atoms with Crippen molar-refractivity contribution in [2.75, 3.05) is 16.2 Å². The van der Waals surface area contributed by atoms with Crippen molar-refractivity contribution in [3.05, 3.63) is 84.2 Å². The van der Waals surface area contributed by atoms with Crippen LogP contribution in [0.25, 0.3) is 0 Å². The van der Waals surface area contributed by atoms with Crippen molar-refractivity contribution in [3.63, 3.8) is 0 Å². The highest BCUT2D eigenvalue weighted by Crippen LogP contribution is 2.32. The number of pyridine rings is 1. The maximum atomic E-state index is 12.8. The first-order chi connectivity index (χ1) is 13.0. The molecule has 2 aromatic carbocycles. The number of carbonyl (C=O) groups is 1. The first kappa shape index (κ1) is 17.2. The van der Waals surface area contributed by atoms with E-state index in [1.54, 1.807) is 53.6 Å². The number of hydrogen-bond acceptors (Lipinski definition) is 4. The van der Waals surface area contributed by atoms with Crippen LogP contribution < -0.4 is 9.62 Å². The highest BCUT2D eigenvalue weighted by atomic mass is 32.2. The number of nitrogens with zero attached hydrogens (tertiary/aromatic N) is 2. The molecule has 1 aliphatic heterocycles. The molecule has 1 N–H and O–H groups in total. The summed E-state index contributed by atoms with van der Waals surface area (Å²) in [6, 6.07) is 16.9. The van der Waals surface area contributed by atoms with E-state index in [1.165, 1.54) is 18.3 Å². The zero-order valence-corrected chi connectivity index (χ0v) is 15.2. The largest absolute Gasteiger partial charge is 0.308 e. The molecule has 0 spiro atoms. The van der Waals surface area contributed by atoms with Crippen LogP contribution in [0.5, 0.6) is 0 Å². The molecular formula is C20H17N3O3S. The van der Waals surface area contributed by atoms with Crippen molar-refractivity contribution in [2.45, 2.75) is 11.3 Å². The van der Waals surface area contributed by atoms with Gasteiger partial charge in [-0.15, -0.1) is 0 Å². The zero-order valence-electron chi connectivity index (χ0n) is 14.4. The zero-order chi connectivity index (χ0) is 18.9. The molecule has 27 heavy (non-hydrogen) atoms. The van der Waals surface area contributed by atoms with Crippen LogP contribution in [0.1, 0.15) is 15.9 Å². The Morgan fingerprint density at radius 3 is 2.59 bits per heavy atom. The Morgan fingerprint density at radius 2 is 1.85 bits per heavy atom. The van der Waals surface area contributed by atoms with Crippen molar-refractivity contribution in [1.82, 2.24) is 4.98 Å². The van der Waals surface area contributed by atoms with E-state index in [9.17, 15) is 13.2 Å². The van der Waals surface area contributed by atoms with Gasteiger partial charge in [0.15, 0.2) is 0 Å². The summed E-state index contributed by atoms with van der Waals surface area (Å²) in [5.41, 5.74) is 2.65. The maximum absolute atomic E-state index is 12.8. The van der Waals surface area contributed by atoms with E-state index in [1.807, 2.05) is 6.07 Å². The second-order valence-electron chi connectivity index (χ2n) is 6.21. The fraction of sp³-hybridized carbons (Fsp3) is 0.100. The van der Waals surface area contributed by atoms with Crippen molar-refractivity contribution in [1.29, 1.82) is 0 Å². The summed E-state index contributed by atoms with van der Waals surface area (Å²) in [5.74, 6) is -0.148. The Labute approximate surface area is 157 Å². The fourth-order valence-corrected chi connectivity index (χ4v) is 4.18. The molecule has 0 saturated carbocycles. The van der Waals surface area contributed by atoms with Crippen molar-refractivity contribution in [3.8, 4) is 0 Å². The fourth-order valence-electron chi connectivity index (χ4n) is 3.11. The molecule has 0 aliphatic carbocycles. The third-order valence-corrected chi connectivity index (χ3v) is 5.84. The molecule has 4 rings (SSSR count). The Balaban J connectivity index is 1.63. The molecule has 7 heteroatoms. The second kappa shape index (κ2) is 6.85. The molecule has 2 heterocycles. The minimum Gasteiger partial charge on any atom is -0.308 e. The SMILES string of the molecule is O=C(c1cccnc1)N1CCc2ccc(NS(=O)(=O)c3ccccc3)cc21. The predicted molar refractivity (Wildman–Crippen MR) is 103 cm³/mol. The number of aromatic nitrogens is 1. The number of sulfonamides is 1. The minimum absolute atomic E-state index is 0.148. The number of anilines is 2. The van der Waals surface area contributed by atoms with Gasteiger partial charge >= 0.3 is 0 Å². The summed E-state index contributed by atoms with van der Waals surface area (Å²) in [6.07, 6.45) is 3.88. The molecule has 0 radical (unpaired) electrons. The lowest BCUT2D eigenvalue weighted by molar-refractivity contribution is 0.0989. The molecule has 1 aliphatic rings. The third-order valence-electron chi connectivity index (χ3n) is 4.44. The van der Waals surface area contributed by atoms with E-state index < -0.39 is 10.0 Å². The van der Waals surface area contributed by atoms with E-state index in [4.69, 9.17) is 0 Å². The number of hydrogen-bond donors (Lipinski definition) is 1. The number of fused-ring (bicyclic) bond motifs is 1. The van der Waals surface area contributed by atoms with Crippen LogP contribution in [0.15, 0.2) is 78.0 Å². The van der Waals surface area contributed by atoms with Gasteiger partial charge in [0.2, 0.25) is 0 Å². The van der Waals surface area contributed by atoms with Gasteiger partial charge in [0.05, 0.1) is 16.1 Å². The first-order valence-electron chi connectivity index (χ1n) is 8.47. The van der Waals surface area contributed by atoms with Gasteiger partial charge < -0.3 is 4.90 Å². The molecule has 6 nitrogen and oxygen atoms in total. The lowest BCUT2D eigenvalue weighted by atomic mass is 10.1. The summed E-state index contributed by atoms with van der Waals surface area (Å²) in [5, 5.41) is 0. The minimum atomic E-state index is -3.68. The van der Waals surface area contributed by atoms with Gasteiger partial charge in [0, 0.05) is 24.6 Å². The number of rotatable bonds is 4. The van der Waals surface area contributed by atoms with Crippen LogP contribution in [-0.4, -0.2) is 25.9 Å². The van der Waals surface area contributed by atoms with Crippen molar-refractivity contribution >= 4 is 27.3 Å². The van der Waals surface area contributed by atoms with E-state index in [2.05, 4.69) is 9.71 Å². The third kappa shape index (κ3) is 3.41. The highest BCUT2D eigenvalue weighted by Gasteiger charge is 2.26. The number of nitrogens with one attached hydrogen (secondary N) is 1. The molecule has 1 aromatic heterocycles. The van der Waals surface area contributed by atoms with Gasteiger partial charge in [-0.3, -0.25) is 14.5 Å². The van der Waals surface area contributed by atoms with Crippen LogP contribution >= 0.6 is 0 Å². The topological polar surface area (TPSA) is 79.4 Å². The predicted octanol–water partition coefficient (Wildman–Crippen LogP) is 3.09. The molecular weight excluding hydrogens is 362 g/mol. The molecule has 0 atom stereocenters. The maximum Gasteiger partial charge on any atom is 0.261 e. The van der Waals surface area contributed by atoms with E-state index >= 15 is 0 Å². The van der Waals surface area contributed by atoms with Crippen molar-refractivity contribution < 1.29 is 13.2 Å². The first-order valence-corrected chi connectivity index (χ1v) is 9.95. The van der Waals surface area contributed by atoms with Gasteiger partial charge in [0.1, 0.15) is 0 Å². The smallest absolute Gasteiger partial charge is 0.261 e. The number of amides is 1. The number of carbonyl (C=O) groups excluding carboxylic acids is 1. The van der Waals surface area contributed by atoms with Gasteiger partial charge in [-0.25, -0.2) is 8.42 Å². The molecule has 1 amide bonds. The molecule has 0 bridgehead atoms. The average Bonchev–Trinajstić information content (AvgIpc) is 3.12. The molecule has 0 fully saturated rings. The molecule has 0 saturated heterocycles. The molecule has 136 valence electrons. The summed E-state index contributed by atoms with van der Waals surface area (Å²) in [6.45, 7) is 0.554. The lowest BCUT2D eigenvalue weighted by Crippen LogP contribution is -2.29. The van der Waals surface area contributed by atoms with Gasteiger partial charge in [-0.05, 0) is 48.4 Å². The van der Waals surface area contributed by atoms with Gasteiger partial charge in [-0.2, -0.15) is 0 Å². The second-order valence-corrected chi connectivity index (χ2v) is 7.89. The van der Waals surface area contributed by atoms with Crippen molar-refractivity contribution in [2.24, 2.45) is 0 Å². The summed E-state index contributed by atoms with van der Waals surface area (Å²) >= 11 is 0. The quantitative estimate of drug-likeness (QED) is 0.755. The van der Waals surface area contributed by atoms with E-state index in [0.717, 1.165) is 17.7 Å².